The van der Waals surface area contributed by atoms with Crippen LogP contribution in [0.4, 0.5) is 14.9 Å². The van der Waals surface area contributed by atoms with Crippen molar-refractivity contribution in [3.05, 3.63) is 30.2 Å². The third-order valence-electron chi connectivity index (χ3n) is 6.38. The van der Waals surface area contributed by atoms with Crippen LogP contribution in [0.25, 0.3) is 10.9 Å². The molecule has 2 fully saturated rings. The second-order valence-electron chi connectivity index (χ2n) is 9.83. The van der Waals surface area contributed by atoms with E-state index in [4.69, 9.17) is 4.74 Å². The van der Waals surface area contributed by atoms with Crippen LogP contribution in [0.15, 0.2) is 24.4 Å². The van der Waals surface area contributed by atoms with Crippen LogP contribution in [0.5, 0.6) is 0 Å². The molecular weight excluding hydrogens is 427 g/mol. The van der Waals surface area contributed by atoms with Crippen molar-refractivity contribution in [3.63, 3.8) is 0 Å². The molecule has 33 heavy (non-hydrogen) atoms. The zero-order valence-corrected chi connectivity index (χ0v) is 19.6. The topological polar surface area (TPSA) is 83.9 Å². The minimum absolute atomic E-state index is 0.0198. The first kappa shape index (κ1) is 23.1. The summed E-state index contributed by atoms with van der Waals surface area (Å²) in [6.07, 6.45) is 3.53. The van der Waals surface area contributed by atoms with Gasteiger partial charge in [0.05, 0.1) is 11.2 Å². The Kier molecular flexibility index (Phi) is 6.07. The summed E-state index contributed by atoms with van der Waals surface area (Å²) in [7, 11) is 1.75. The normalized spacial score (nSPS) is 20.2. The van der Waals surface area contributed by atoms with Gasteiger partial charge in [0.15, 0.2) is 0 Å². The standard InChI is InChI=1S/C24H31FN4O4/c1-24(2,3)33-23(32)27(4)15-9-12-28(13-10-15)21-16-11-14-29(18(16)6-5-17(21)25)19-7-8-20(30)26-22(19)31/h5-6,11,14-15,19H,7-10,12-13H2,1-4H3,(H,26,30,31). The molecule has 2 saturated heterocycles. The van der Waals surface area contributed by atoms with Crippen LogP contribution < -0.4 is 10.2 Å². The van der Waals surface area contributed by atoms with Gasteiger partial charge in [-0.25, -0.2) is 9.18 Å². The van der Waals surface area contributed by atoms with E-state index in [0.29, 0.717) is 38.0 Å². The minimum atomic E-state index is -0.555. The van der Waals surface area contributed by atoms with E-state index >= 15 is 0 Å². The van der Waals surface area contributed by atoms with Gasteiger partial charge in [-0.15, -0.1) is 0 Å². The molecule has 3 heterocycles. The molecular formula is C24H31FN4O4. The lowest BCUT2D eigenvalue weighted by Gasteiger charge is -2.38. The average Bonchev–Trinajstić information content (AvgIpc) is 3.16. The monoisotopic (exact) mass is 458 g/mol. The van der Waals surface area contributed by atoms with Gasteiger partial charge < -0.3 is 19.1 Å². The van der Waals surface area contributed by atoms with Crippen LogP contribution in [0.1, 0.15) is 52.5 Å². The Morgan fingerprint density at radius 3 is 2.48 bits per heavy atom. The number of ether oxygens (including phenoxy) is 1. The molecule has 8 nitrogen and oxygen atoms in total. The summed E-state index contributed by atoms with van der Waals surface area (Å²) in [5.74, 6) is -0.915. The summed E-state index contributed by atoms with van der Waals surface area (Å²) >= 11 is 0. The van der Waals surface area contributed by atoms with Crippen molar-refractivity contribution in [3.8, 4) is 0 Å². The van der Waals surface area contributed by atoms with Gasteiger partial charge in [-0.1, -0.05) is 0 Å². The molecule has 1 aromatic carbocycles. The van der Waals surface area contributed by atoms with Crippen LogP contribution in [-0.4, -0.2) is 59.2 Å². The first-order valence-corrected chi connectivity index (χ1v) is 11.4. The lowest BCUT2D eigenvalue weighted by molar-refractivity contribution is -0.135. The maximum atomic E-state index is 15.0. The smallest absolute Gasteiger partial charge is 0.410 e. The number of rotatable bonds is 3. The molecule has 0 aliphatic carbocycles. The Bertz CT molecular complexity index is 1080. The molecule has 9 heteroatoms. The molecule has 3 amide bonds. The molecule has 2 aliphatic rings. The zero-order valence-electron chi connectivity index (χ0n) is 19.6. The van der Waals surface area contributed by atoms with Crippen molar-refractivity contribution in [2.75, 3.05) is 25.0 Å². The zero-order chi connectivity index (χ0) is 23.9. The first-order chi connectivity index (χ1) is 15.5. The number of piperidine rings is 2. The summed E-state index contributed by atoms with van der Waals surface area (Å²) in [4.78, 5) is 39.9. The molecule has 0 spiro atoms. The maximum Gasteiger partial charge on any atom is 0.410 e. The highest BCUT2D eigenvalue weighted by Gasteiger charge is 2.32. The number of nitrogens with one attached hydrogen (secondary N) is 1. The van der Waals surface area contributed by atoms with E-state index in [-0.39, 0.29) is 36.2 Å². The third-order valence-corrected chi connectivity index (χ3v) is 6.38. The van der Waals surface area contributed by atoms with Crippen molar-refractivity contribution in [1.82, 2.24) is 14.8 Å². The summed E-state index contributed by atoms with van der Waals surface area (Å²) in [6.45, 7) is 6.71. The van der Waals surface area contributed by atoms with Gasteiger partial charge in [0.1, 0.15) is 17.5 Å². The van der Waals surface area contributed by atoms with Crippen molar-refractivity contribution >= 4 is 34.5 Å². The number of benzene rings is 1. The van der Waals surface area contributed by atoms with Crippen molar-refractivity contribution in [1.29, 1.82) is 0 Å². The predicted molar refractivity (Wildman–Crippen MR) is 123 cm³/mol. The molecule has 0 saturated carbocycles. The number of fused-ring (bicyclic) bond motifs is 1. The fourth-order valence-corrected chi connectivity index (χ4v) is 4.70. The number of halogens is 1. The van der Waals surface area contributed by atoms with E-state index in [1.807, 2.05) is 36.3 Å². The van der Waals surface area contributed by atoms with Crippen molar-refractivity contribution in [2.45, 2.75) is 64.1 Å². The Hall–Kier alpha value is -3.10. The number of hydrogen-bond acceptors (Lipinski definition) is 5. The van der Waals surface area contributed by atoms with E-state index in [2.05, 4.69) is 5.32 Å². The molecule has 1 N–H and O–H groups in total. The molecule has 1 atom stereocenters. The van der Waals surface area contributed by atoms with E-state index in [0.717, 1.165) is 10.9 Å². The number of hydrogen-bond donors (Lipinski definition) is 1. The van der Waals surface area contributed by atoms with Crippen molar-refractivity contribution < 1.29 is 23.5 Å². The highest BCUT2D eigenvalue weighted by atomic mass is 19.1. The summed E-state index contributed by atoms with van der Waals surface area (Å²) in [5, 5.41) is 3.12. The number of nitrogens with zero attached hydrogens (tertiary/aromatic N) is 3. The van der Waals surface area contributed by atoms with Crippen molar-refractivity contribution in [2.24, 2.45) is 0 Å². The van der Waals surface area contributed by atoms with E-state index in [1.54, 1.807) is 24.2 Å². The molecule has 1 aromatic heterocycles. The van der Waals surface area contributed by atoms with Crippen LogP contribution in [0.2, 0.25) is 0 Å². The Balaban J connectivity index is 1.52. The summed E-state index contributed by atoms with van der Waals surface area (Å²) in [6, 6.07) is 4.47. The average molecular weight is 459 g/mol. The second kappa shape index (κ2) is 8.68. The molecule has 2 aromatic rings. The van der Waals surface area contributed by atoms with Gasteiger partial charge in [0, 0.05) is 44.2 Å². The van der Waals surface area contributed by atoms with Gasteiger partial charge in [-0.3, -0.25) is 14.9 Å². The molecule has 4 rings (SSSR count). The second-order valence-corrected chi connectivity index (χ2v) is 9.83. The van der Waals surface area contributed by atoms with Gasteiger partial charge in [0.2, 0.25) is 11.8 Å². The molecule has 0 bridgehead atoms. The third kappa shape index (κ3) is 4.67. The molecule has 0 radical (unpaired) electrons. The van der Waals surface area contributed by atoms with Gasteiger partial charge >= 0.3 is 6.09 Å². The number of imide groups is 1. The first-order valence-electron chi connectivity index (χ1n) is 11.4. The highest BCUT2D eigenvalue weighted by Crippen LogP contribution is 2.35. The Morgan fingerprint density at radius 2 is 1.85 bits per heavy atom. The van der Waals surface area contributed by atoms with Crippen LogP contribution in [0, 0.1) is 5.82 Å². The molecule has 2 aliphatic heterocycles. The van der Waals surface area contributed by atoms with Crippen LogP contribution in [-0.2, 0) is 14.3 Å². The highest BCUT2D eigenvalue weighted by molar-refractivity contribution is 6.01. The largest absolute Gasteiger partial charge is 0.444 e. The number of anilines is 1. The van der Waals surface area contributed by atoms with E-state index < -0.39 is 11.6 Å². The van der Waals surface area contributed by atoms with Gasteiger partial charge in [-0.2, -0.15) is 0 Å². The Labute approximate surface area is 192 Å². The summed E-state index contributed by atoms with van der Waals surface area (Å²) < 4.78 is 22.3. The van der Waals surface area contributed by atoms with E-state index in [1.165, 1.54) is 6.07 Å². The SMILES string of the molecule is CN(C(=O)OC(C)(C)C)C1CCN(c2c(F)ccc3c2ccn3C2CCC(=O)NC2=O)CC1. The predicted octanol–water partition coefficient (Wildman–Crippen LogP) is 3.59. The number of aromatic nitrogens is 1. The lowest BCUT2D eigenvalue weighted by Crippen LogP contribution is -2.47. The molecule has 1 unspecified atom stereocenters. The quantitative estimate of drug-likeness (QED) is 0.711. The van der Waals surface area contributed by atoms with E-state index in [9.17, 15) is 18.8 Å². The maximum absolute atomic E-state index is 15.0. The lowest BCUT2D eigenvalue weighted by atomic mass is 10.0. The summed E-state index contributed by atoms with van der Waals surface area (Å²) in [5.41, 5.74) is 0.714. The Morgan fingerprint density at radius 1 is 1.15 bits per heavy atom. The fraction of sp³-hybridized carbons (Fsp3) is 0.542. The number of carbonyl (C=O) groups is 3. The van der Waals surface area contributed by atoms with Crippen LogP contribution in [0.3, 0.4) is 0 Å². The number of amides is 3. The van der Waals surface area contributed by atoms with Gasteiger partial charge in [0.25, 0.3) is 0 Å². The van der Waals surface area contributed by atoms with Gasteiger partial charge in [-0.05, 0) is 58.2 Å². The fourth-order valence-electron chi connectivity index (χ4n) is 4.70. The number of carbonyl (C=O) groups excluding carboxylic acids is 3. The molecule has 178 valence electrons. The minimum Gasteiger partial charge on any atom is -0.444 e. The van der Waals surface area contributed by atoms with Crippen LogP contribution >= 0.6 is 0 Å².